The Hall–Kier alpha value is -6.27. The molecule has 0 unspecified atom stereocenters. The van der Waals surface area contributed by atoms with Crippen molar-refractivity contribution < 1.29 is 4.74 Å². The Bertz CT molecular complexity index is 2490. The third-order valence-corrected chi connectivity index (χ3v) is 10.7. The molecule has 0 saturated carbocycles. The minimum absolute atomic E-state index is 0.0180. The van der Waals surface area contributed by atoms with Gasteiger partial charge in [-0.3, -0.25) is 4.98 Å². The van der Waals surface area contributed by atoms with Crippen LogP contribution in [0.25, 0.3) is 11.3 Å². The maximum absolute atomic E-state index is 6.80. The zero-order valence-electron chi connectivity index (χ0n) is 29.5. The van der Waals surface area contributed by atoms with Crippen LogP contribution in [-0.2, 0) is 5.41 Å². The SMILES string of the molecule is CC(C)(C)c1ccnc(-c2ccc3c(c2)B2c4cc(N5CN(c6ccccc6)c6ccccc65)ccc4Oc4cccc(c42)N3c2ccccc2)c1. The van der Waals surface area contributed by atoms with Crippen molar-refractivity contribution in [2.24, 2.45) is 0 Å². The van der Waals surface area contributed by atoms with Crippen LogP contribution in [0, 0.1) is 0 Å². The van der Waals surface area contributed by atoms with Crippen LogP contribution in [0.3, 0.4) is 0 Å². The molecule has 3 aliphatic rings. The Kier molecular flexibility index (Phi) is 6.84. The van der Waals surface area contributed by atoms with Crippen molar-refractivity contribution in [1.82, 2.24) is 4.98 Å². The van der Waals surface area contributed by atoms with E-state index in [0.717, 1.165) is 51.0 Å². The molecule has 0 atom stereocenters. The van der Waals surface area contributed by atoms with E-state index in [9.17, 15) is 0 Å². The van der Waals surface area contributed by atoms with E-state index in [4.69, 9.17) is 9.72 Å². The standard InChI is InChI=1S/C46H37BN4O/c1-46(2,3)32-25-26-48-38(28-32)31-21-23-39-36(27-31)47-37-29-35(50-30-49(33-13-6-4-7-14-33)40-17-10-11-18-41(40)50)22-24-43(37)52-44-20-12-19-42(45(44)47)51(39)34-15-8-5-9-16-34/h4-29H,30H2,1-3H3. The summed E-state index contributed by atoms with van der Waals surface area (Å²) in [4.78, 5) is 12.1. The van der Waals surface area contributed by atoms with Gasteiger partial charge in [0.2, 0.25) is 0 Å². The van der Waals surface area contributed by atoms with Gasteiger partial charge in [0.15, 0.2) is 0 Å². The Morgan fingerprint density at radius 2 is 1.25 bits per heavy atom. The number of hydrogen-bond donors (Lipinski definition) is 0. The van der Waals surface area contributed by atoms with Gasteiger partial charge in [-0.15, -0.1) is 0 Å². The number of para-hydroxylation sites is 4. The average molecular weight is 673 g/mol. The van der Waals surface area contributed by atoms with Crippen molar-refractivity contribution in [3.8, 4) is 22.8 Å². The molecule has 250 valence electrons. The molecule has 0 aliphatic carbocycles. The van der Waals surface area contributed by atoms with Gasteiger partial charge < -0.3 is 19.4 Å². The van der Waals surface area contributed by atoms with Crippen LogP contribution in [0.15, 0.2) is 158 Å². The molecule has 0 bridgehead atoms. The highest BCUT2D eigenvalue weighted by molar-refractivity contribution is 6.99. The van der Waals surface area contributed by atoms with Gasteiger partial charge >= 0.3 is 0 Å². The summed E-state index contributed by atoms with van der Waals surface area (Å²) in [5.41, 5.74) is 15.1. The minimum Gasteiger partial charge on any atom is -0.458 e. The molecule has 52 heavy (non-hydrogen) atoms. The number of rotatable bonds is 4. The molecule has 0 amide bonds. The molecular weight excluding hydrogens is 635 g/mol. The van der Waals surface area contributed by atoms with Crippen LogP contribution in [0.1, 0.15) is 26.3 Å². The van der Waals surface area contributed by atoms with Gasteiger partial charge in [-0.1, -0.05) is 87.5 Å². The van der Waals surface area contributed by atoms with Gasteiger partial charge in [0.25, 0.3) is 6.71 Å². The van der Waals surface area contributed by atoms with Crippen LogP contribution in [-0.4, -0.2) is 18.4 Å². The van der Waals surface area contributed by atoms with Gasteiger partial charge in [-0.05, 0) is 118 Å². The molecule has 1 aromatic heterocycles. The number of aromatic nitrogens is 1. The van der Waals surface area contributed by atoms with Gasteiger partial charge in [0.05, 0.1) is 17.1 Å². The Morgan fingerprint density at radius 1 is 0.558 bits per heavy atom. The van der Waals surface area contributed by atoms with Crippen LogP contribution in [0.4, 0.5) is 39.8 Å². The van der Waals surface area contributed by atoms with Crippen molar-refractivity contribution in [2.45, 2.75) is 26.2 Å². The lowest BCUT2D eigenvalue weighted by Gasteiger charge is -2.40. The molecule has 0 N–H and O–H groups in total. The highest BCUT2D eigenvalue weighted by Crippen LogP contribution is 2.46. The number of benzene rings is 6. The molecule has 3 aliphatic heterocycles. The second-order valence-electron chi connectivity index (χ2n) is 14.9. The maximum Gasteiger partial charge on any atom is 0.256 e. The molecule has 5 nitrogen and oxygen atoms in total. The molecule has 7 aromatic rings. The summed E-state index contributed by atoms with van der Waals surface area (Å²) in [6.07, 6.45) is 1.95. The number of fused-ring (bicyclic) bond motifs is 5. The third kappa shape index (κ3) is 4.82. The van der Waals surface area contributed by atoms with Crippen LogP contribution < -0.4 is 35.8 Å². The first-order valence-electron chi connectivity index (χ1n) is 18.0. The minimum atomic E-state index is -0.0429. The van der Waals surface area contributed by atoms with Crippen molar-refractivity contribution in [3.05, 3.63) is 163 Å². The molecule has 0 spiro atoms. The Morgan fingerprint density at radius 3 is 2.00 bits per heavy atom. The number of nitrogens with zero attached hydrogens (tertiary/aromatic N) is 4. The van der Waals surface area contributed by atoms with E-state index in [2.05, 4.69) is 187 Å². The quantitative estimate of drug-likeness (QED) is 0.174. The fraction of sp³-hybridized carbons (Fsp3) is 0.109. The fourth-order valence-corrected chi connectivity index (χ4v) is 8.18. The first-order chi connectivity index (χ1) is 25.4. The van der Waals surface area contributed by atoms with Crippen molar-refractivity contribution >= 4 is 62.9 Å². The molecular formula is C46H37BN4O. The molecule has 0 radical (unpaired) electrons. The summed E-state index contributed by atoms with van der Waals surface area (Å²) >= 11 is 0. The normalized spacial score (nSPS) is 14.0. The van der Waals surface area contributed by atoms with E-state index in [0.29, 0.717) is 6.67 Å². The largest absolute Gasteiger partial charge is 0.458 e. The predicted molar refractivity (Wildman–Crippen MR) is 216 cm³/mol. The van der Waals surface area contributed by atoms with Crippen LogP contribution in [0.2, 0.25) is 0 Å². The summed E-state index contributed by atoms with van der Waals surface area (Å²) < 4.78 is 6.80. The van der Waals surface area contributed by atoms with E-state index in [1.807, 2.05) is 6.20 Å². The topological polar surface area (TPSA) is 31.8 Å². The van der Waals surface area contributed by atoms with E-state index in [1.54, 1.807) is 0 Å². The molecule has 0 saturated heterocycles. The fourth-order valence-electron chi connectivity index (χ4n) is 8.18. The van der Waals surface area contributed by atoms with Crippen molar-refractivity contribution in [1.29, 1.82) is 0 Å². The lowest BCUT2D eigenvalue weighted by Crippen LogP contribution is -2.59. The lowest BCUT2D eigenvalue weighted by molar-refractivity contribution is 0.487. The summed E-state index contributed by atoms with van der Waals surface area (Å²) in [5.74, 6) is 1.79. The maximum atomic E-state index is 6.80. The summed E-state index contributed by atoms with van der Waals surface area (Å²) in [6.45, 7) is 7.43. The molecule has 6 aromatic carbocycles. The lowest BCUT2D eigenvalue weighted by atomic mass is 9.34. The van der Waals surface area contributed by atoms with E-state index < -0.39 is 0 Å². The number of hydrogen-bond acceptors (Lipinski definition) is 5. The van der Waals surface area contributed by atoms with Gasteiger partial charge in [0, 0.05) is 34.6 Å². The van der Waals surface area contributed by atoms with E-state index >= 15 is 0 Å². The predicted octanol–water partition coefficient (Wildman–Crippen LogP) is 9.70. The summed E-state index contributed by atoms with van der Waals surface area (Å²) in [7, 11) is 0. The van der Waals surface area contributed by atoms with E-state index in [-0.39, 0.29) is 12.1 Å². The van der Waals surface area contributed by atoms with Gasteiger partial charge in [-0.2, -0.15) is 0 Å². The summed E-state index contributed by atoms with van der Waals surface area (Å²) in [6, 6.07) is 54.4. The molecule has 4 heterocycles. The first-order valence-corrected chi connectivity index (χ1v) is 18.0. The smallest absolute Gasteiger partial charge is 0.256 e. The average Bonchev–Trinajstić information content (AvgIpc) is 3.58. The van der Waals surface area contributed by atoms with Crippen molar-refractivity contribution in [2.75, 3.05) is 21.4 Å². The number of pyridine rings is 1. The summed E-state index contributed by atoms with van der Waals surface area (Å²) in [5, 5.41) is 0. The highest BCUT2D eigenvalue weighted by atomic mass is 16.5. The Balaban J connectivity index is 1.16. The second-order valence-corrected chi connectivity index (χ2v) is 14.9. The van der Waals surface area contributed by atoms with Crippen LogP contribution in [0.5, 0.6) is 11.5 Å². The number of ether oxygens (including phenoxy) is 1. The third-order valence-electron chi connectivity index (χ3n) is 10.7. The van der Waals surface area contributed by atoms with Crippen molar-refractivity contribution in [3.63, 3.8) is 0 Å². The molecule has 6 heteroatoms. The van der Waals surface area contributed by atoms with Crippen LogP contribution >= 0.6 is 0 Å². The Labute approximate surface area is 305 Å². The van der Waals surface area contributed by atoms with Gasteiger partial charge in [0.1, 0.15) is 18.2 Å². The monoisotopic (exact) mass is 672 g/mol. The zero-order chi connectivity index (χ0) is 35.0. The second kappa shape index (κ2) is 11.6. The first kappa shape index (κ1) is 30.6. The van der Waals surface area contributed by atoms with E-state index in [1.165, 1.54) is 33.6 Å². The molecule has 0 fully saturated rings. The molecule has 10 rings (SSSR count). The number of anilines is 7. The van der Waals surface area contributed by atoms with Gasteiger partial charge in [-0.25, -0.2) is 0 Å². The highest BCUT2D eigenvalue weighted by Gasteiger charge is 2.42. The zero-order valence-corrected chi connectivity index (χ0v) is 29.5.